The van der Waals surface area contributed by atoms with Crippen molar-refractivity contribution in [2.45, 2.75) is 50.2 Å². The largest absolute Gasteiger partial charge is 0.375 e. The summed E-state index contributed by atoms with van der Waals surface area (Å²) in [7, 11) is 0. The summed E-state index contributed by atoms with van der Waals surface area (Å²) >= 11 is 0. The van der Waals surface area contributed by atoms with Crippen LogP contribution >= 0.6 is 0 Å². The smallest absolute Gasteiger partial charge is 0.223 e. The highest BCUT2D eigenvalue weighted by Crippen LogP contribution is 2.37. The first kappa shape index (κ1) is 16.1. The van der Waals surface area contributed by atoms with Gasteiger partial charge in [-0.25, -0.2) is 0 Å². The van der Waals surface area contributed by atoms with E-state index in [1.54, 1.807) is 0 Å². The van der Waals surface area contributed by atoms with Crippen molar-refractivity contribution >= 4 is 5.91 Å². The van der Waals surface area contributed by atoms with Crippen molar-refractivity contribution in [3.05, 3.63) is 35.9 Å². The van der Waals surface area contributed by atoms with Crippen LogP contribution in [-0.2, 0) is 20.7 Å². The zero-order chi connectivity index (χ0) is 16.4. The van der Waals surface area contributed by atoms with E-state index in [0.29, 0.717) is 13.0 Å². The van der Waals surface area contributed by atoms with Gasteiger partial charge in [0.05, 0.1) is 18.3 Å². The number of rotatable bonds is 6. The topological polar surface area (TPSA) is 38.8 Å². The van der Waals surface area contributed by atoms with Gasteiger partial charge in [-0.3, -0.25) is 4.79 Å². The highest BCUT2D eigenvalue weighted by Gasteiger charge is 2.47. The lowest BCUT2D eigenvalue weighted by atomic mass is 9.98. The van der Waals surface area contributed by atoms with Crippen molar-refractivity contribution in [1.29, 1.82) is 0 Å². The number of likely N-dealkylation sites (tertiary alicyclic amines) is 1. The average Bonchev–Trinajstić information content (AvgIpc) is 3.23. The van der Waals surface area contributed by atoms with Crippen LogP contribution in [0.5, 0.6) is 0 Å². The minimum Gasteiger partial charge on any atom is -0.375 e. The number of carbonyl (C=O) groups excluding carboxylic acids is 1. The Morgan fingerprint density at radius 1 is 1.29 bits per heavy atom. The van der Waals surface area contributed by atoms with Crippen molar-refractivity contribution in [2.24, 2.45) is 5.92 Å². The molecule has 1 aromatic rings. The lowest BCUT2D eigenvalue weighted by Crippen LogP contribution is -2.36. The Morgan fingerprint density at radius 3 is 2.92 bits per heavy atom. The van der Waals surface area contributed by atoms with Gasteiger partial charge in [0, 0.05) is 32.5 Å². The number of aryl methyl sites for hydroxylation is 1. The van der Waals surface area contributed by atoms with E-state index in [1.807, 2.05) is 23.1 Å². The number of hydrogen-bond acceptors (Lipinski definition) is 3. The van der Waals surface area contributed by atoms with Gasteiger partial charge in [-0.1, -0.05) is 30.3 Å². The molecule has 0 bridgehead atoms. The highest BCUT2D eigenvalue weighted by atomic mass is 16.6. The Kier molecular flexibility index (Phi) is 4.59. The van der Waals surface area contributed by atoms with Crippen LogP contribution in [0.25, 0.3) is 0 Å². The molecule has 130 valence electrons. The molecule has 0 unspecified atom stereocenters. The maximum absolute atomic E-state index is 12.5. The van der Waals surface area contributed by atoms with Gasteiger partial charge in [-0.15, -0.1) is 0 Å². The maximum Gasteiger partial charge on any atom is 0.223 e. The molecule has 2 heterocycles. The molecule has 3 aliphatic rings. The van der Waals surface area contributed by atoms with Crippen molar-refractivity contribution in [1.82, 2.24) is 4.90 Å². The van der Waals surface area contributed by atoms with E-state index < -0.39 is 0 Å². The molecule has 4 nitrogen and oxygen atoms in total. The molecule has 3 fully saturated rings. The second-order valence-corrected chi connectivity index (χ2v) is 7.65. The molecule has 24 heavy (non-hydrogen) atoms. The summed E-state index contributed by atoms with van der Waals surface area (Å²) in [6, 6.07) is 10.2. The molecule has 4 heteroatoms. The lowest BCUT2D eigenvalue weighted by molar-refractivity contribution is -0.131. The number of amides is 1. The van der Waals surface area contributed by atoms with Crippen LogP contribution in [0.3, 0.4) is 0 Å². The molecule has 2 atom stereocenters. The normalized spacial score (nSPS) is 29.5. The molecule has 1 saturated carbocycles. The summed E-state index contributed by atoms with van der Waals surface area (Å²) in [6.45, 7) is 3.15. The van der Waals surface area contributed by atoms with Crippen LogP contribution in [0.2, 0.25) is 0 Å². The minimum atomic E-state index is -0.142. The molecular formula is C20H27NO3. The molecule has 1 spiro atoms. The Hall–Kier alpha value is -1.39. The zero-order valence-electron chi connectivity index (χ0n) is 14.3. The summed E-state index contributed by atoms with van der Waals surface area (Å²) in [5, 5.41) is 0. The van der Waals surface area contributed by atoms with Crippen LogP contribution < -0.4 is 0 Å². The van der Waals surface area contributed by atoms with E-state index >= 15 is 0 Å². The third kappa shape index (κ3) is 3.81. The molecule has 1 aliphatic carbocycles. The lowest BCUT2D eigenvalue weighted by Gasteiger charge is -2.23. The summed E-state index contributed by atoms with van der Waals surface area (Å²) < 4.78 is 12.1. The molecule has 2 aliphatic heterocycles. The van der Waals surface area contributed by atoms with E-state index in [4.69, 9.17) is 9.47 Å². The Labute approximate surface area is 144 Å². The molecule has 1 aromatic carbocycles. The van der Waals surface area contributed by atoms with Crippen LogP contribution in [0.1, 0.15) is 37.7 Å². The van der Waals surface area contributed by atoms with Gasteiger partial charge in [0.15, 0.2) is 0 Å². The summed E-state index contributed by atoms with van der Waals surface area (Å²) in [4.78, 5) is 14.5. The number of carbonyl (C=O) groups is 1. The fourth-order valence-corrected chi connectivity index (χ4v) is 3.86. The van der Waals surface area contributed by atoms with Crippen LogP contribution in [0.15, 0.2) is 30.3 Å². The van der Waals surface area contributed by atoms with Crippen LogP contribution in [0.4, 0.5) is 0 Å². The second kappa shape index (κ2) is 6.85. The fraction of sp³-hybridized carbons (Fsp3) is 0.650. The fourth-order valence-electron chi connectivity index (χ4n) is 3.86. The quantitative estimate of drug-likeness (QED) is 0.805. The first-order valence-electron chi connectivity index (χ1n) is 9.30. The summed E-state index contributed by atoms with van der Waals surface area (Å²) in [5.41, 5.74) is 1.09. The van der Waals surface area contributed by atoms with Gasteiger partial charge >= 0.3 is 0 Å². The number of nitrogens with zero attached hydrogens (tertiary/aromatic N) is 1. The third-order valence-electron chi connectivity index (χ3n) is 5.58. The molecule has 0 N–H and O–H groups in total. The van der Waals surface area contributed by atoms with Crippen molar-refractivity contribution in [2.75, 3.05) is 26.3 Å². The zero-order valence-corrected chi connectivity index (χ0v) is 14.3. The number of ether oxygens (including phenoxy) is 2. The monoisotopic (exact) mass is 329 g/mol. The molecule has 0 aromatic heterocycles. The van der Waals surface area contributed by atoms with E-state index in [2.05, 4.69) is 12.1 Å². The van der Waals surface area contributed by atoms with Crippen LogP contribution in [-0.4, -0.2) is 48.8 Å². The first-order valence-corrected chi connectivity index (χ1v) is 9.30. The van der Waals surface area contributed by atoms with Gasteiger partial charge < -0.3 is 14.4 Å². The van der Waals surface area contributed by atoms with Gasteiger partial charge in [0.25, 0.3) is 0 Å². The molecule has 4 rings (SSSR count). The van der Waals surface area contributed by atoms with Crippen LogP contribution in [0, 0.1) is 5.92 Å². The third-order valence-corrected chi connectivity index (χ3v) is 5.58. The predicted molar refractivity (Wildman–Crippen MR) is 91.7 cm³/mol. The van der Waals surface area contributed by atoms with Gasteiger partial charge in [0.1, 0.15) is 0 Å². The SMILES string of the molecule is O=C(CCc1ccccc1)N1CC[C@]2(C[C@@H](OCC3CC3)CO2)C1. The van der Waals surface area contributed by atoms with E-state index in [0.717, 1.165) is 44.9 Å². The second-order valence-electron chi connectivity index (χ2n) is 7.65. The predicted octanol–water partition coefficient (Wildman–Crippen LogP) is 2.81. The van der Waals surface area contributed by atoms with Crippen molar-refractivity contribution in [3.63, 3.8) is 0 Å². The van der Waals surface area contributed by atoms with Gasteiger partial charge in [-0.2, -0.15) is 0 Å². The number of benzene rings is 1. The van der Waals surface area contributed by atoms with Gasteiger partial charge in [-0.05, 0) is 37.2 Å². The van der Waals surface area contributed by atoms with E-state index in [-0.39, 0.29) is 17.6 Å². The van der Waals surface area contributed by atoms with Crippen molar-refractivity contribution < 1.29 is 14.3 Å². The van der Waals surface area contributed by atoms with Crippen molar-refractivity contribution in [3.8, 4) is 0 Å². The molecular weight excluding hydrogens is 302 g/mol. The maximum atomic E-state index is 12.5. The number of hydrogen-bond donors (Lipinski definition) is 0. The Balaban J connectivity index is 1.24. The molecule has 0 radical (unpaired) electrons. The van der Waals surface area contributed by atoms with E-state index in [1.165, 1.54) is 18.4 Å². The summed E-state index contributed by atoms with van der Waals surface area (Å²) in [6.07, 6.45) is 6.17. The Bertz CT molecular complexity index is 572. The molecule has 2 saturated heterocycles. The van der Waals surface area contributed by atoms with E-state index in [9.17, 15) is 4.79 Å². The Morgan fingerprint density at radius 2 is 2.12 bits per heavy atom. The molecule has 1 amide bonds. The summed E-state index contributed by atoms with van der Waals surface area (Å²) in [5.74, 6) is 1.04. The first-order chi connectivity index (χ1) is 11.7. The average molecular weight is 329 g/mol. The highest BCUT2D eigenvalue weighted by molar-refractivity contribution is 5.77. The van der Waals surface area contributed by atoms with Gasteiger partial charge in [0.2, 0.25) is 5.91 Å². The standard InChI is InChI=1S/C20H27NO3/c22-19(9-8-16-4-2-1-3-5-16)21-11-10-20(15-21)12-18(14-24-20)23-13-17-6-7-17/h1-5,17-18H,6-15H2/t18-,20+/m1/s1. The minimum absolute atomic E-state index is 0.142.